The van der Waals surface area contributed by atoms with Gasteiger partial charge in [-0.3, -0.25) is 4.90 Å². The summed E-state index contributed by atoms with van der Waals surface area (Å²) in [6.07, 6.45) is 0.378. The third-order valence-electron chi connectivity index (χ3n) is 2.58. The molecule has 4 nitrogen and oxygen atoms in total. The van der Waals surface area contributed by atoms with Crippen molar-refractivity contribution in [3.8, 4) is 0 Å². The van der Waals surface area contributed by atoms with Crippen LogP contribution in [0, 0.1) is 0 Å². The highest BCUT2D eigenvalue weighted by Crippen LogP contribution is 2.04. The van der Waals surface area contributed by atoms with Crippen LogP contribution in [0.2, 0.25) is 0 Å². The second kappa shape index (κ2) is 4.91. The standard InChI is InChI=1S/C9H18N2O2/c1-3-11(4-2-10-1)5-6-13-9-7-12-8-9/h9-10H,1-8H2. The van der Waals surface area contributed by atoms with E-state index in [0.29, 0.717) is 6.10 Å². The molecule has 0 amide bonds. The summed E-state index contributed by atoms with van der Waals surface area (Å²) in [6.45, 7) is 8.06. The van der Waals surface area contributed by atoms with Crippen molar-refractivity contribution < 1.29 is 9.47 Å². The van der Waals surface area contributed by atoms with Gasteiger partial charge in [0, 0.05) is 32.7 Å². The number of rotatable bonds is 4. The molecule has 0 saturated carbocycles. The Hall–Kier alpha value is -0.160. The lowest BCUT2D eigenvalue weighted by atomic mass is 10.3. The zero-order valence-electron chi connectivity index (χ0n) is 8.00. The minimum Gasteiger partial charge on any atom is -0.376 e. The molecule has 2 aliphatic heterocycles. The zero-order chi connectivity index (χ0) is 8.93. The predicted molar refractivity (Wildman–Crippen MR) is 49.9 cm³/mol. The van der Waals surface area contributed by atoms with E-state index in [1.807, 2.05) is 0 Å². The molecular formula is C9H18N2O2. The second-order valence-electron chi connectivity index (χ2n) is 3.62. The average Bonchev–Trinajstić information content (AvgIpc) is 2.11. The Morgan fingerprint density at radius 1 is 1.31 bits per heavy atom. The molecule has 0 bridgehead atoms. The van der Waals surface area contributed by atoms with Gasteiger partial charge in [0.2, 0.25) is 0 Å². The molecule has 2 saturated heterocycles. The van der Waals surface area contributed by atoms with Gasteiger partial charge >= 0.3 is 0 Å². The summed E-state index contributed by atoms with van der Waals surface area (Å²) in [6, 6.07) is 0. The molecular weight excluding hydrogens is 168 g/mol. The predicted octanol–water partition coefficient (Wildman–Crippen LogP) is -0.693. The van der Waals surface area contributed by atoms with Crippen LogP contribution in [-0.2, 0) is 9.47 Å². The normalized spacial score (nSPS) is 25.8. The molecule has 76 valence electrons. The molecule has 2 rings (SSSR count). The highest BCUT2D eigenvalue weighted by molar-refractivity contribution is 4.68. The molecule has 2 fully saturated rings. The van der Waals surface area contributed by atoms with Crippen molar-refractivity contribution in [2.75, 3.05) is 52.5 Å². The van der Waals surface area contributed by atoms with Crippen LogP contribution in [0.1, 0.15) is 0 Å². The highest BCUT2D eigenvalue weighted by Gasteiger charge is 2.19. The van der Waals surface area contributed by atoms with E-state index in [4.69, 9.17) is 9.47 Å². The van der Waals surface area contributed by atoms with Crippen molar-refractivity contribution in [1.29, 1.82) is 0 Å². The molecule has 4 heteroatoms. The van der Waals surface area contributed by atoms with Gasteiger partial charge in [-0.05, 0) is 0 Å². The van der Waals surface area contributed by atoms with E-state index in [1.165, 1.54) is 0 Å². The molecule has 0 radical (unpaired) electrons. The summed E-state index contributed by atoms with van der Waals surface area (Å²) in [7, 11) is 0. The van der Waals surface area contributed by atoms with Crippen LogP contribution in [0.4, 0.5) is 0 Å². The minimum atomic E-state index is 0.378. The molecule has 0 spiro atoms. The van der Waals surface area contributed by atoms with Crippen LogP contribution in [0.25, 0.3) is 0 Å². The van der Waals surface area contributed by atoms with E-state index < -0.39 is 0 Å². The first kappa shape index (κ1) is 9.40. The van der Waals surface area contributed by atoms with Gasteiger partial charge in [0.15, 0.2) is 0 Å². The maximum absolute atomic E-state index is 5.59. The van der Waals surface area contributed by atoms with E-state index in [-0.39, 0.29) is 0 Å². The first-order valence-corrected chi connectivity index (χ1v) is 5.07. The van der Waals surface area contributed by atoms with Crippen molar-refractivity contribution in [1.82, 2.24) is 10.2 Å². The number of hydrogen-bond acceptors (Lipinski definition) is 4. The van der Waals surface area contributed by atoms with E-state index in [9.17, 15) is 0 Å². The fourth-order valence-corrected chi connectivity index (χ4v) is 1.59. The topological polar surface area (TPSA) is 33.7 Å². The molecule has 0 aromatic carbocycles. The van der Waals surface area contributed by atoms with Crippen LogP contribution >= 0.6 is 0 Å². The van der Waals surface area contributed by atoms with Crippen LogP contribution in [0.3, 0.4) is 0 Å². The van der Waals surface area contributed by atoms with Gasteiger partial charge in [-0.25, -0.2) is 0 Å². The van der Waals surface area contributed by atoms with Gasteiger partial charge in [-0.2, -0.15) is 0 Å². The monoisotopic (exact) mass is 186 g/mol. The Balaban J connectivity index is 1.50. The summed E-state index contributed by atoms with van der Waals surface area (Å²) in [5.74, 6) is 0. The fourth-order valence-electron chi connectivity index (χ4n) is 1.59. The lowest BCUT2D eigenvalue weighted by Gasteiger charge is -2.30. The molecule has 0 atom stereocenters. The van der Waals surface area contributed by atoms with Gasteiger partial charge in [-0.15, -0.1) is 0 Å². The van der Waals surface area contributed by atoms with Gasteiger partial charge < -0.3 is 14.8 Å². The lowest BCUT2D eigenvalue weighted by Crippen LogP contribution is -2.45. The molecule has 0 unspecified atom stereocenters. The molecule has 1 N–H and O–H groups in total. The fraction of sp³-hybridized carbons (Fsp3) is 1.00. The molecule has 13 heavy (non-hydrogen) atoms. The summed E-state index contributed by atoms with van der Waals surface area (Å²) < 4.78 is 10.6. The smallest absolute Gasteiger partial charge is 0.104 e. The van der Waals surface area contributed by atoms with Crippen molar-refractivity contribution >= 4 is 0 Å². The minimum absolute atomic E-state index is 0.378. The molecule has 0 aliphatic carbocycles. The Morgan fingerprint density at radius 2 is 2.08 bits per heavy atom. The molecule has 2 heterocycles. The van der Waals surface area contributed by atoms with Crippen molar-refractivity contribution in [2.45, 2.75) is 6.10 Å². The summed E-state index contributed by atoms with van der Waals surface area (Å²) in [5.41, 5.74) is 0. The number of nitrogens with zero attached hydrogens (tertiary/aromatic N) is 1. The van der Waals surface area contributed by atoms with Crippen molar-refractivity contribution in [3.05, 3.63) is 0 Å². The van der Waals surface area contributed by atoms with Crippen LogP contribution in [0.5, 0.6) is 0 Å². The second-order valence-corrected chi connectivity index (χ2v) is 3.62. The quantitative estimate of drug-likeness (QED) is 0.630. The highest BCUT2D eigenvalue weighted by atomic mass is 16.6. The first-order chi connectivity index (χ1) is 6.45. The Kier molecular flexibility index (Phi) is 3.55. The van der Waals surface area contributed by atoms with Crippen LogP contribution in [0.15, 0.2) is 0 Å². The largest absolute Gasteiger partial charge is 0.376 e. The molecule has 2 aliphatic rings. The zero-order valence-corrected chi connectivity index (χ0v) is 8.00. The van der Waals surface area contributed by atoms with Gasteiger partial charge in [-0.1, -0.05) is 0 Å². The molecule has 0 aromatic rings. The number of ether oxygens (including phenoxy) is 2. The third kappa shape index (κ3) is 2.91. The van der Waals surface area contributed by atoms with Crippen LogP contribution in [-0.4, -0.2) is 63.5 Å². The number of piperazine rings is 1. The van der Waals surface area contributed by atoms with Crippen molar-refractivity contribution in [3.63, 3.8) is 0 Å². The number of hydrogen-bond donors (Lipinski definition) is 1. The van der Waals surface area contributed by atoms with Gasteiger partial charge in [0.05, 0.1) is 19.8 Å². The summed E-state index contributed by atoms with van der Waals surface area (Å²) in [5, 5.41) is 3.33. The van der Waals surface area contributed by atoms with E-state index in [2.05, 4.69) is 10.2 Å². The van der Waals surface area contributed by atoms with E-state index >= 15 is 0 Å². The Bertz CT molecular complexity index is 145. The number of nitrogens with one attached hydrogen (secondary N) is 1. The Morgan fingerprint density at radius 3 is 2.69 bits per heavy atom. The SMILES string of the molecule is C1CN(CCOC2COC2)CCN1. The van der Waals surface area contributed by atoms with Gasteiger partial charge in [0.1, 0.15) is 6.10 Å². The average molecular weight is 186 g/mol. The maximum atomic E-state index is 5.59. The van der Waals surface area contributed by atoms with E-state index in [1.54, 1.807) is 0 Å². The maximum Gasteiger partial charge on any atom is 0.104 e. The Labute approximate surface area is 79.2 Å². The summed E-state index contributed by atoms with van der Waals surface area (Å²) in [4.78, 5) is 2.44. The first-order valence-electron chi connectivity index (χ1n) is 5.07. The van der Waals surface area contributed by atoms with Crippen molar-refractivity contribution in [2.24, 2.45) is 0 Å². The molecule has 0 aromatic heterocycles. The van der Waals surface area contributed by atoms with E-state index in [0.717, 1.165) is 52.5 Å². The lowest BCUT2D eigenvalue weighted by molar-refractivity contribution is -0.131. The van der Waals surface area contributed by atoms with Gasteiger partial charge in [0.25, 0.3) is 0 Å². The summed E-state index contributed by atoms with van der Waals surface area (Å²) >= 11 is 0. The third-order valence-corrected chi connectivity index (χ3v) is 2.58. The van der Waals surface area contributed by atoms with Crippen LogP contribution < -0.4 is 5.32 Å².